The molecule has 0 aromatic rings. The summed E-state index contributed by atoms with van der Waals surface area (Å²) in [4.78, 5) is 0. The fourth-order valence-electron chi connectivity index (χ4n) is 0.917. The summed E-state index contributed by atoms with van der Waals surface area (Å²) in [7, 11) is 0. The van der Waals surface area contributed by atoms with Crippen molar-refractivity contribution in [1.29, 1.82) is 0 Å². The molecule has 0 radical (unpaired) electrons. The van der Waals surface area contributed by atoms with Crippen LogP contribution in [0, 0.1) is 0 Å². The smallest absolute Gasteiger partial charge is 0.264 e. The van der Waals surface area contributed by atoms with Crippen molar-refractivity contribution >= 4 is 0 Å². The van der Waals surface area contributed by atoms with E-state index in [4.69, 9.17) is 0 Å². The van der Waals surface area contributed by atoms with Crippen LogP contribution < -0.4 is 0 Å². The maximum atomic E-state index is 13.3. The molecule has 1 atom stereocenters. The van der Waals surface area contributed by atoms with Gasteiger partial charge in [0.1, 0.15) is 0 Å². The summed E-state index contributed by atoms with van der Waals surface area (Å²) in [6.45, 7) is 3.19. The second-order valence-electron chi connectivity index (χ2n) is 3.13. The van der Waals surface area contributed by atoms with Crippen LogP contribution in [0.15, 0.2) is 12.2 Å². The molecule has 0 saturated carbocycles. The highest BCUT2D eigenvalue weighted by Crippen LogP contribution is 2.54. The van der Waals surface area contributed by atoms with Gasteiger partial charge < -0.3 is 0 Å². The lowest BCUT2D eigenvalue weighted by Crippen LogP contribution is -2.66. The lowest BCUT2D eigenvalue weighted by atomic mass is 10.1. The largest absolute Gasteiger partial charge is 0.453 e. The van der Waals surface area contributed by atoms with E-state index in [9.17, 15) is 30.7 Å². The van der Waals surface area contributed by atoms with Gasteiger partial charge in [-0.05, 0) is 12.5 Å². The van der Waals surface area contributed by atoms with E-state index in [2.05, 4.69) is 16.1 Å². The molecule has 9 heteroatoms. The Hall–Kier alpha value is -0.830. The van der Waals surface area contributed by atoms with Crippen LogP contribution in [0.4, 0.5) is 30.7 Å². The molecule has 0 aromatic carbocycles. The summed E-state index contributed by atoms with van der Waals surface area (Å²) in [5.41, 5.74) is -1.23. The number of ether oxygens (including phenoxy) is 2. The Morgan fingerprint density at radius 1 is 0.812 bits per heavy atom. The van der Waals surface area contributed by atoms with E-state index in [1.165, 1.54) is 0 Å². The van der Waals surface area contributed by atoms with E-state index in [0.717, 1.165) is 0 Å². The van der Waals surface area contributed by atoms with Gasteiger partial charge in [0.05, 0.1) is 0 Å². The van der Waals surface area contributed by atoms with Gasteiger partial charge in [-0.2, -0.15) is 30.7 Å². The van der Waals surface area contributed by atoms with Crippen LogP contribution in [0.5, 0.6) is 0 Å². The van der Waals surface area contributed by atoms with E-state index < -0.39 is 29.8 Å². The first kappa shape index (κ1) is 13.2. The molecule has 2 nitrogen and oxygen atoms in total. The Morgan fingerprint density at radius 2 is 1.19 bits per heavy atom. The number of alkyl halides is 7. The van der Waals surface area contributed by atoms with Crippen LogP contribution >= 0.6 is 0 Å². The van der Waals surface area contributed by atoms with Crippen LogP contribution in [0.1, 0.15) is 6.92 Å². The molecular formula is C7H5F7O2. The standard InChI is InChI=1S/C7H5F7O2/c1-3(2)4(8)5(9,10)16-7(13,14)6(11,12)15-4/h1H2,2H3. The van der Waals surface area contributed by atoms with Gasteiger partial charge in [0, 0.05) is 0 Å². The van der Waals surface area contributed by atoms with Gasteiger partial charge in [0.15, 0.2) is 0 Å². The lowest BCUT2D eigenvalue weighted by molar-refractivity contribution is -0.581. The summed E-state index contributed by atoms with van der Waals surface area (Å²) < 4.78 is 93.7. The fraction of sp³-hybridized carbons (Fsp3) is 0.714. The van der Waals surface area contributed by atoms with Crippen molar-refractivity contribution in [3.05, 3.63) is 12.2 Å². The molecule has 1 aliphatic heterocycles. The van der Waals surface area contributed by atoms with E-state index in [1.807, 2.05) is 0 Å². The molecule has 0 amide bonds. The summed E-state index contributed by atoms with van der Waals surface area (Å²) in [5.74, 6) is -4.52. The second kappa shape index (κ2) is 3.10. The third kappa shape index (κ3) is 1.58. The predicted molar refractivity (Wildman–Crippen MR) is 35.7 cm³/mol. The summed E-state index contributed by atoms with van der Waals surface area (Å²) >= 11 is 0. The molecule has 1 unspecified atom stereocenters. The molecule has 1 heterocycles. The Balaban J connectivity index is 3.23. The molecule has 1 fully saturated rings. The van der Waals surface area contributed by atoms with E-state index in [0.29, 0.717) is 6.92 Å². The van der Waals surface area contributed by atoms with Crippen molar-refractivity contribution in [3.8, 4) is 0 Å². The normalized spacial score (nSPS) is 35.8. The third-order valence-electron chi connectivity index (χ3n) is 1.79. The Kier molecular flexibility index (Phi) is 2.56. The topological polar surface area (TPSA) is 18.5 Å². The maximum Gasteiger partial charge on any atom is 0.453 e. The van der Waals surface area contributed by atoms with Crippen molar-refractivity contribution in [3.63, 3.8) is 0 Å². The quantitative estimate of drug-likeness (QED) is 0.529. The van der Waals surface area contributed by atoms with Crippen molar-refractivity contribution in [2.45, 2.75) is 31.1 Å². The summed E-state index contributed by atoms with van der Waals surface area (Å²) in [5, 5.41) is 0. The number of halogens is 7. The first-order valence-corrected chi connectivity index (χ1v) is 3.74. The molecule has 16 heavy (non-hydrogen) atoms. The molecule has 0 N–H and O–H groups in total. The average molecular weight is 254 g/mol. The first-order chi connectivity index (χ1) is 6.86. The van der Waals surface area contributed by atoms with Gasteiger partial charge in [0.2, 0.25) is 0 Å². The van der Waals surface area contributed by atoms with E-state index in [-0.39, 0.29) is 0 Å². The molecule has 1 rings (SSSR count). The minimum absolute atomic E-state index is 0.566. The van der Waals surface area contributed by atoms with Gasteiger partial charge in [-0.15, -0.1) is 0 Å². The third-order valence-corrected chi connectivity index (χ3v) is 1.79. The minimum Gasteiger partial charge on any atom is -0.264 e. The van der Waals surface area contributed by atoms with Crippen LogP contribution in [-0.4, -0.2) is 24.2 Å². The van der Waals surface area contributed by atoms with Gasteiger partial charge in [-0.1, -0.05) is 6.58 Å². The zero-order valence-corrected chi connectivity index (χ0v) is 7.67. The number of hydrogen-bond acceptors (Lipinski definition) is 2. The molecule has 0 bridgehead atoms. The number of hydrogen-bond donors (Lipinski definition) is 0. The zero-order valence-electron chi connectivity index (χ0n) is 7.67. The Morgan fingerprint density at radius 3 is 1.56 bits per heavy atom. The van der Waals surface area contributed by atoms with Crippen molar-refractivity contribution in [1.82, 2.24) is 0 Å². The molecule has 1 saturated heterocycles. The van der Waals surface area contributed by atoms with Crippen LogP contribution in [0.25, 0.3) is 0 Å². The Labute approximate surface area is 84.6 Å². The van der Waals surface area contributed by atoms with Crippen LogP contribution in [-0.2, 0) is 9.47 Å². The summed E-state index contributed by atoms with van der Waals surface area (Å²) in [6, 6.07) is 0. The highest BCUT2D eigenvalue weighted by atomic mass is 19.3. The van der Waals surface area contributed by atoms with Crippen molar-refractivity contribution in [2.75, 3.05) is 0 Å². The molecule has 0 aliphatic carbocycles. The zero-order chi connectivity index (χ0) is 13.0. The van der Waals surface area contributed by atoms with E-state index in [1.54, 1.807) is 0 Å². The predicted octanol–water partition coefficient (Wildman–Crippen LogP) is 3.05. The molecule has 0 spiro atoms. The van der Waals surface area contributed by atoms with Gasteiger partial charge in [0.25, 0.3) is 0 Å². The van der Waals surface area contributed by atoms with Crippen molar-refractivity contribution < 1.29 is 40.2 Å². The van der Waals surface area contributed by atoms with Crippen molar-refractivity contribution in [2.24, 2.45) is 0 Å². The highest BCUT2D eigenvalue weighted by Gasteiger charge is 2.79. The monoisotopic (exact) mass is 254 g/mol. The van der Waals surface area contributed by atoms with Gasteiger partial charge >= 0.3 is 24.2 Å². The molecule has 94 valence electrons. The SMILES string of the molecule is C=C(C)C1(F)OC(F)(F)C(F)(F)OC1(F)F. The first-order valence-electron chi connectivity index (χ1n) is 3.74. The second-order valence-corrected chi connectivity index (χ2v) is 3.13. The lowest BCUT2D eigenvalue weighted by Gasteiger charge is -2.43. The van der Waals surface area contributed by atoms with Crippen LogP contribution in [0.2, 0.25) is 0 Å². The fourth-order valence-corrected chi connectivity index (χ4v) is 0.917. The molecular weight excluding hydrogens is 249 g/mol. The van der Waals surface area contributed by atoms with Gasteiger partial charge in [-0.3, -0.25) is 4.74 Å². The highest BCUT2D eigenvalue weighted by molar-refractivity contribution is 5.11. The minimum atomic E-state index is -5.64. The summed E-state index contributed by atoms with van der Waals surface area (Å²) in [6.07, 6.45) is -16.4. The average Bonchev–Trinajstić information content (AvgIpc) is 1.97. The van der Waals surface area contributed by atoms with Crippen LogP contribution in [0.3, 0.4) is 0 Å². The van der Waals surface area contributed by atoms with Gasteiger partial charge in [-0.25, -0.2) is 4.74 Å². The Bertz CT molecular complexity index is 327. The molecule has 0 aromatic heterocycles. The van der Waals surface area contributed by atoms with E-state index >= 15 is 0 Å². The number of rotatable bonds is 1. The molecule has 1 aliphatic rings. The maximum absolute atomic E-state index is 13.3.